The Morgan fingerprint density at radius 1 is 1.29 bits per heavy atom. The van der Waals surface area contributed by atoms with E-state index >= 15 is 0 Å². The lowest BCUT2D eigenvalue weighted by atomic mass is 10.1. The summed E-state index contributed by atoms with van der Waals surface area (Å²) in [6, 6.07) is 4.76. The summed E-state index contributed by atoms with van der Waals surface area (Å²) in [6.07, 6.45) is 1.21. The van der Waals surface area contributed by atoms with Crippen molar-refractivity contribution in [3.8, 4) is 5.75 Å². The zero-order valence-corrected chi connectivity index (χ0v) is 12.8. The lowest BCUT2D eigenvalue weighted by Crippen LogP contribution is -2.03. The Morgan fingerprint density at radius 2 is 1.95 bits per heavy atom. The molecule has 0 aromatic heterocycles. The number of ether oxygens (including phenoxy) is 1. The fourth-order valence-electron chi connectivity index (χ4n) is 2.06. The van der Waals surface area contributed by atoms with Gasteiger partial charge in [-0.15, -0.1) is 0 Å². The lowest BCUT2D eigenvalue weighted by molar-refractivity contribution is -0.114. The highest BCUT2D eigenvalue weighted by molar-refractivity contribution is 5.98. The molecule has 0 bridgehead atoms. The fourth-order valence-corrected chi connectivity index (χ4v) is 2.06. The highest BCUT2D eigenvalue weighted by Gasteiger charge is 2.19. The molecule has 1 aromatic carbocycles. The Balaban J connectivity index is 0.00000106. The third-order valence-corrected chi connectivity index (χ3v) is 3.20. The number of nitrogens with one attached hydrogen (secondary N) is 1. The van der Waals surface area contributed by atoms with Gasteiger partial charge < -0.3 is 15.2 Å². The summed E-state index contributed by atoms with van der Waals surface area (Å²) in [5.41, 5.74) is 2.45. The molecule has 0 radical (unpaired) electrons. The maximum atomic E-state index is 11.4. The number of hydrogen-bond acceptors (Lipinski definition) is 4. The molecule has 1 aromatic rings. The maximum absolute atomic E-state index is 11.4. The zero-order chi connectivity index (χ0) is 16.0. The van der Waals surface area contributed by atoms with Gasteiger partial charge in [-0.1, -0.05) is 13.8 Å². The smallest absolute Gasteiger partial charge is 0.339 e. The van der Waals surface area contributed by atoms with Crippen molar-refractivity contribution in [1.82, 2.24) is 0 Å². The molecule has 0 amide bonds. The van der Waals surface area contributed by atoms with Crippen molar-refractivity contribution in [3.63, 3.8) is 0 Å². The highest BCUT2D eigenvalue weighted by Crippen LogP contribution is 2.28. The average Bonchev–Trinajstić information content (AvgIpc) is 2.81. The molecule has 0 saturated heterocycles. The number of carboxylic acid groups (broad SMARTS) is 1. The van der Waals surface area contributed by atoms with Crippen LogP contribution in [0.4, 0.5) is 5.69 Å². The SMILES string of the molecule is CC.COc1cc(NC2=C(C)C(=O)CC2)ccc1C(=O)O. The number of carboxylic acids is 1. The van der Waals surface area contributed by atoms with Crippen LogP contribution in [0.3, 0.4) is 0 Å². The molecule has 1 aliphatic rings. The lowest BCUT2D eigenvalue weighted by Gasteiger charge is -2.11. The number of aromatic carboxylic acids is 1. The molecule has 0 fully saturated rings. The third-order valence-electron chi connectivity index (χ3n) is 3.20. The van der Waals surface area contributed by atoms with Crippen LogP contribution in [0.15, 0.2) is 29.5 Å². The Kier molecular flexibility index (Phi) is 5.96. The van der Waals surface area contributed by atoms with E-state index in [0.29, 0.717) is 24.3 Å². The van der Waals surface area contributed by atoms with Crippen LogP contribution in [0.25, 0.3) is 0 Å². The molecule has 2 N–H and O–H groups in total. The number of benzene rings is 1. The van der Waals surface area contributed by atoms with Gasteiger partial charge in [0.25, 0.3) is 0 Å². The summed E-state index contributed by atoms with van der Waals surface area (Å²) < 4.78 is 5.06. The first-order chi connectivity index (χ1) is 10.0. The van der Waals surface area contributed by atoms with Gasteiger partial charge in [0.05, 0.1) is 7.11 Å². The number of allylic oxidation sites excluding steroid dienone is 2. The molecule has 0 atom stereocenters. The number of ketones is 1. The topological polar surface area (TPSA) is 75.6 Å². The van der Waals surface area contributed by atoms with Gasteiger partial charge in [0.1, 0.15) is 11.3 Å². The van der Waals surface area contributed by atoms with Crippen molar-refractivity contribution in [2.75, 3.05) is 12.4 Å². The van der Waals surface area contributed by atoms with Crippen molar-refractivity contribution in [2.24, 2.45) is 0 Å². The van der Waals surface area contributed by atoms with E-state index in [-0.39, 0.29) is 11.3 Å². The van der Waals surface area contributed by atoms with Gasteiger partial charge in [-0.05, 0) is 25.5 Å². The van der Waals surface area contributed by atoms with Crippen molar-refractivity contribution in [1.29, 1.82) is 0 Å². The van der Waals surface area contributed by atoms with Gasteiger partial charge in [0, 0.05) is 29.4 Å². The summed E-state index contributed by atoms with van der Waals surface area (Å²) in [4.78, 5) is 22.4. The molecule has 0 saturated carbocycles. The maximum Gasteiger partial charge on any atom is 0.339 e. The molecule has 5 heteroatoms. The predicted molar refractivity (Wildman–Crippen MR) is 81.9 cm³/mol. The van der Waals surface area contributed by atoms with E-state index in [2.05, 4.69) is 5.32 Å². The monoisotopic (exact) mass is 291 g/mol. The first kappa shape index (κ1) is 16.8. The van der Waals surface area contributed by atoms with E-state index in [1.165, 1.54) is 13.2 Å². The van der Waals surface area contributed by atoms with Gasteiger partial charge in [-0.25, -0.2) is 4.79 Å². The summed E-state index contributed by atoms with van der Waals surface area (Å²) in [6.45, 7) is 5.79. The molecule has 21 heavy (non-hydrogen) atoms. The van der Waals surface area contributed by atoms with Crippen LogP contribution in [-0.2, 0) is 4.79 Å². The number of Topliss-reactive ketones (excluding diaryl/α,β-unsaturated/α-hetero) is 1. The standard InChI is InChI=1S/C14H15NO4.C2H6/c1-8-11(5-6-12(8)16)15-9-3-4-10(14(17)18)13(7-9)19-2;1-2/h3-4,7,15H,5-6H2,1-2H3,(H,17,18);1-2H3. The van der Waals surface area contributed by atoms with Crippen LogP contribution >= 0.6 is 0 Å². The fraction of sp³-hybridized carbons (Fsp3) is 0.375. The Labute approximate surface area is 124 Å². The van der Waals surface area contributed by atoms with E-state index in [1.807, 2.05) is 13.8 Å². The molecule has 5 nitrogen and oxygen atoms in total. The largest absolute Gasteiger partial charge is 0.496 e. The Morgan fingerprint density at radius 3 is 2.43 bits per heavy atom. The number of carbonyl (C=O) groups excluding carboxylic acids is 1. The second kappa shape index (κ2) is 7.47. The van der Waals surface area contributed by atoms with E-state index in [9.17, 15) is 9.59 Å². The zero-order valence-electron chi connectivity index (χ0n) is 12.8. The van der Waals surface area contributed by atoms with Crippen LogP contribution in [-0.4, -0.2) is 24.0 Å². The summed E-state index contributed by atoms with van der Waals surface area (Å²) in [5, 5.41) is 12.1. The Bertz CT molecular complexity index is 576. The van der Waals surface area contributed by atoms with Crippen molar-refractivity contribution in [3.05, 3.63) is 35.0 Å². The predicted octanol–water partition coefficient (Wildman–Crippen LogP) is 3.47. The number of methoxy groups -OCH3 is 1. The summed E-state index contributed by atoms with van der Waals surface area (Å²) >= 11 is 0. The molecular weight excluding hydrogens is 270 g/mol. The first-order valence-corrected chi connectivity index (χ1v) is 6.94. The second-order valence-corrected chi connectivity index (χ2v) is 4.37. The number of carbonyl (C=O) groups is 2. The van der Waals surface area contributed by atoms with Gasteiger partial charge in [0.2, 0.25) is 0 Å². The van der Waals surface area contributed by atoms with Crippen molar-refractivity contribution in [2.45, 2.75) is 33.6 Å². The normalized spacial score (nSPS) is 13.6. The molecule has 0 heterocycles. The molecule has 114 valence electrons. The van der Waals surface area contributed by atoms with E-state index in [1.54, 1.807) is 19.1 Å². The second-order valence-electron chi connectivity index (χ2n) is 4.37. The summed E-state index contributed by atoms with van der Waals surface area (Å²) in [7, 11) is 1.43. The number of hydrogen-bond donors (Lipinski definition) is 2. The molecule has 0 spiro atoms. The Hall–Kier alpha value is -2.30. The molecule has 1 aliphatic carbocycles. The third kappa shape index (κ3) is 3.84. The highest BCUT2D eigenvalue weighted by atomic mass is 16.5. The van der Waals surface area contributed by atoms with Crippen LogP contribution in [0.5, 0.6) is 5.75 Å². The minimum absolute atomic E-state index is 0.112. The molecule has 0 unspecified atom stereocenters. The number of rotatable bonds is 4. The van der Waals surface area contributed by atoms with Gasteiger partial charge in [-0.2, -0.15) is 0 Å². The van der Waals surface area contributed by atoms with E-state index in [0.717, 1.165) is 11.3 Å². The van der Waals surface area contributed by atoms with Crippen LogP contribution in [0.2, 0.25) is 0 Å². The number of anilines is 1. The van der Waals surface area contributed by atoms with Gasteiger partial charge in [-0.3, -0.25) is 4.79 Å². The van der Waals surface area contributed by atoms with Crippen molar-refractivity contribution >= 4 is 17.4 Å². The quantitative estimate of drug-likeness (QED) is 0.888. The molecule has 0 aliphatic heterocycles. The molecular formula is C16H21NO4. The van der Waals surface area contributed by atoms with Crippen molar-refractivity contribution < 1.29 is 19.4 Å². The van der Waals surface area contributed by atoms with E-state index < -0.39 is 5.97 Å². The summed E-state index contributed by atoms with van der Waals surface area (Å²) in [5.74, 6) is -0.591. The van der Waals surface area contributed by atoms with E-state index in [4.69, 9.17) is 9.84 Å². The van der Waals surface area contributed by atoms with Gasteiger partial charge in [0.15, 0.2) is 5.78 Å². The van der Waals surface area contributed by atoms with Crippen LogP contribution in [0.1, 0.15) is 44.0 Å². The molecule has 2 rings (SSSR count). The minimum atomic E-state index is -1.03. The van der Waals surface area contributed by atoms with Gasteiger partial charge >= 0.3 is 5.97 Å². The minimum Gasteiger partial charge on any atom is -0.496 e. The van der Waals surface area contributed by atoms with Crippen LogP contribution < -0.4 is 10.1 Å². The van der Waals surface area contributed by atoms with Crippen LogP contribution in [0, 0.1) is 0 Å². The average molecular weight is 291 g/mol. The first-order valence-electron chi connectivity index (χ1n) is 6.94.